The van der Waals surface area contributed by atoms with Gasteiger partial charge in [0, 0.05) is 24.3 Å². The summed E-state index contributed by atoms with van der Waals surface area (Å²) >= 11 is 0. The molecule has 114 valence electrons. The predicted octanol–water partition coefficient (Wildman–Crippen LogP) is 3.20. The third kappa shape index (κ3) is 5.00. The van der Waals surface area contributed by atoms with Crippen molar-refractivity contribution in [2.24, 2.45) is 0 Å². The lowest BCUT2D eigenvalue weighted by Gasteiger charge is -1.93. The summed E-state index contributed by atoms with van der Waals surface area (Å²) in [6, 6.07) is 11.2. The fraction of sp³-hybridized carbons (Fsp3) is 0.0714. The summed E-state index contributed by atoms with van der Waals surface area (Å²) in [6.45, 7) is 1.87. The van der Waals surface area contributed by atoms with Gasteiger partial charge in [-0.2, -0.15) is 0 Å². The largest absolute Gasteiger partial charge is 0.478 e. The average Bonchev–Trinajstić information content (AvgIpc) is 2.48. The molecule has 0 atom stereocenters. The van der Waals surface area contributed by atoms with Crippen LogP contribution >= 0.6 is 0 Å². The zero-order chi connectivity index (χ0) is 16.7. The molecule has 0 amide bonds. The molecule has 8 nitrogen and oxygen atoms in total. The van der Waals surface area contributed by atoms with E-state index in [0.717, 1.165) is 29.8 Å². The van der Waals surface area contributed by atoms with Gasteiger partial charge in [0.15, 0.2) is 0 Å². The normalized spacial score (nSPS) is 9.32. The van der Waals surface area contributed by atoms with Crippen molar-refractivity contribution in [3.8, 4) is 0 Å². The van der Waals surface area contributed by atoms with E-state index in [-0.39, 0.29) is 11.4 Å². The first-order valence-electron chi connectivity index (χ1n) is 6.00. The molecular weight excluding hydrogens is 292 g/mol. The van der Waals surface area contributed by atoms with E-state index in [9.17, 15) is 25.0 Å². The second-order valence-electron chi connectivity index (χ2n) is 4.21. The van der Waals surface area contributed by atoms with E-state index in [2.05, 4.69) is 0 Å². The first-order valence-corrected chi connectivity index (χ1v) is 6.00. The average molecular weight is 304 g/mol. The van der Waals surface area contributed by atoms with Crippen LogP contribution in [0.25, 0.3) is 0 Å². The van der Waals surface area contributed by atoms with Crippen LogP contribution in [-0.4, -0.2) is 20.9 Å². The molecule has 0 radical (unpaired) electrons. The molecule has 8 heteroatoms. The lowest BCUT2D eigenvalue weighted by atomic mass is 10.1. The molecule has 0 heterocycles. The van der Waals surface area contributed by atoms with Gasteiger partial charge in [-0.05, 0) is 19.1 Å². The third-order valence-electron chi connectivity index (χ3n) is 2.54. The highest BCUT2D eigenvalue weighted by atomic mass is 16.6. The van der Waals surface area contributed by atoms with Crippen LogP contribution in [0.2, 0.25) is 0 Å². The van der Waals surface area contributed by atoms with Gasteiger partial charge in [-0.25, -0.2) is 4.79 Å². The lowest BCUT2D eigenvalue weighted by Crippen LogP contribution is -1.95. The Kier molecular flexibility index (Phi) is 5.70. The standard InChI is InChI=1S/C8H8O2.C6H4N2O4/c1-6-3-2-4-7(5-6)8(9)10;9-7(10)5-1-2-6(4-3-5)8(11)12/h2-5H,1H3,(H,9,10);1-4H. The van der Waals surface area contributed by atoms with Crippen LogP contribution < -0.4 is 0 Å². The van der Waals surface area contributed by atoms with Crippen LogP contribution in [0.1, 0.15) is 15.9 Å². The van der Waals surface area contributed by atoms with Crippen molar-refractivity contribution < 1.29 is 19.7 Å². The van der Waals surface area contributed by atoms with E-state index in [1.807, 2.05) is 13.0 Å². The molecule has 0 unspecified atom stereocenters. The lowest BCUT2D eigenvalue weighted by molar-refractivity contribution is -0.389. The number of carboxylic acids is 1. The number of rotatable bonds is 3. The molecule has 2 rings (SSSR count). The molecule has 0 bridgehead atoms. The van der Waals surface area contributed by atoms with E-state index in [0.29, 0.717) is 5.56 Å². The van der Waals surface area contributed by atoms with E-state index < -0.39 is 15.8 Å². The molecule has 0 aromatic heterocycles. The maximum Gasteiger partial charge on any atom is 0.335 e. The summed E-state index contributed by atoms with van der Waals surface area (Å²) in [5.41, 5.74) is 1.01. The number of nitrogens with zero attached hydrogens (tertiary/aromatic N) is 2. The van der Waals surface area contributed by atoms with Crippen LogP contribution in [-0.2, 0) is 0 Å². The first-order chi connectivity index (χ1) is 10.3. The minimum Gasteiger partial charge on any atom is -0.478 e. The van der Waals surface area contributed by atoms with Crippen LogP contribution in [0.15, 0.2) is 48.5 Å². The molecule has 0 aliphatic rings. The topological polar surface area (TPSA) is 124 Å². The Morgan fingerprint density at radius 2 is 1.41 bits per heavy atom. The zero-order valence-corrected chi connectivity index (χ0v) is 11.5. The Morgan fingerprint density at radius 3 is 1.68 bits per heavy atom. The number of carboxylic acid groups (broad SMARTS) is 1. The van der Waals surface area contributed by atoms with Crippen molar-refractivity contribution in [1.82, 2.24) is 0 Å². The number of nitro groups is 2. The molecule has 0 fully saturated rings. The fourth-order valence-corrected chi connectivity index (χ4v) is 1.47. The zero-order valence-electron chi connectivity index (χ0n) is 11.5. The highest BCUT2D eigenvalue weighted by molar-refractivity contribution is 5.87. The van der Waals surface area contributed by atoms with Gasteiger partial charge in [0.05, 0.1) is 15.4 Å². The van der Waals surface area contributed by atoms with Gasteiger partial charge in [-0.15, -0.1) is 0 Å². The SMILES string of the molecule is Cc1cccc(C(=O)O)c1.O=[N+]([O-])c1ccc([N+](=O)[O-])cc1. The van der Waals surface area contributed by atoms with Crippen LogP contribution in [0.4, 0.5) is 11.4 Å². The maximum absolute atomic E-state index is 10.4. The third-order valence-corrected chi connectivity index (χ3v) is 2.54. The fourth-order valence-electron chi connectivity index (χ4n) is 1.47. The molecule has 0 spiro atoms. The molecule has 2 aromatic rings. The number of hydrogen-bond donors (Lipinski definition) is 1. The smallest absolute Gasteiger partial charge is 0.335 e. The van der Waals surface area contributed by atoms with Crippen LogP contribution in [0.3, 0.4) is 0 Å². The van der Waals surface area contributed by atoms with E-state index >= 15 is 0 Å². The second-order valence-corrected chi connectivity index (χ2v) is 4.21. The second kappa shape index (κ2) is 7.48. The summed E-state index contributed by atoms with van der Waals surface area (Å²) in [5, 5.41) is 28.7. The molecule has 22 heavy (non-hydrogen) atoms. The van der Waals surface area contributed by atoms with Crippen LogP contribution in [0, 0.1) is 27.2 Å². The van der Waals surface area contributed by atoms with E-state index in [4.69, 9.17) is 5.11 Å². The van der Waals surface area contributed by atoms with Gasteiger partial charge in [0.1, 0.15) is 0 Å². The minimum absolute atomic E-state index is 0.152. The van der Waals surface area contributed by atoms with Gasteiger partial charge in [-0.3, -0.25) is 20.2 Å². The Hall–Kier alpha value is -3.29. The van der Waals surface area contributed by atoms with Gasteiger partial charge in [-0.1, -0.05) is 17.7 Å². The minimum atomic E-state index is -0.872. The Balaban J connectivity index is 0.000000224. The number of carbonyl (C=O) groups is 1. The summed E-state index contributed by atoms with van der Waals surface area (Å²) in [5.74, 6) is -0.872. The molecular formula is C14H12N2O6. The molecule has 0 saturated carbocycles. The summed E-state index contributed by atoms with van der Waals surface area (Å²) in [4.78, 5) is 29.4. The molecule has 2 aromatic carbocycles. The molecule has 0 aliphatic heterocycles. The summed E-state index contributed by atoms with van der Waals surface area (Å²) < 4.78 is 0. The molecule has 1 N–H and O–H groups in total. The Labute approximate surface area is 124 Å². The quantitative estimate of drug-likeness (QED) is 0.685. The molecule has 0 saturated heterocycles. The van der Waals surface area contributed by atoms with Crippen molar-refractivity contribution in [1.29, 1.82) is 0 Å². The summed E-state index contributed by atoms with van der Waals surface area (Å²) in [6.07, 6.45) is 0. The number of aryl methyl sites for hydroxylation is 1. The van der Waals surface area contributed by atoms with Crippen molar-refractivity contribution in [2.45, 2.75) is 6.92 Å². The molecule has 0 aliphatic carbocycles. The van der Waals surface area contributed by atoms with Gasteiger partial charge in [0.2, 0.25) is 0 Å². The number of nitro benzene ring substituents is 2. The number of aromatic carboxylic acids is 1. The van der Waals surface area contributed by atoms with Gasteiger partial charge in [0.25, 0.3) is 11.4 Å². The Morgan fingerprint density at radius 1 is 0.955 bits per heavy atom. The number of benzene rings is 2. The highest BCUT2D eigenvalue weighted by Crippen LogP contribution is 2.16. The van der Waals surface area contributed by atoms with E-state index in [1.54, 1.807) is 18.2 Å². The van der Waals surface area contributed by atoms with Gasteiger partial charge >= 0.3 is 5.97 Å². The van der Waals surface area contributed by atoms with Crippen molar-refractivity contribution in [3.63, 3.8) is 0 Å². The van der Waals surface area contributed by atoms with Crippen molar-refractivity contribution in [2.75, 3.05) is 0 Å². The number of hydrogen-bond acceptors (Lipinski definition) is 5. The van der Waals surface area contributed by atoms with Crippen LogP contribution in [0.5, 0.6) is 0 Å². The summed E-state index contributed by atoms with van der Waals surface area (Å²) in [7, 11) is 0. The van der Waals surface area contributed by atoms with Crippen molar-refractivity contribution in [3.05, 3.63) is 79.9 Å². The van der Waals surface area contributed by atoms with Gasteiger partial charge < -0.3 is 5.11 Å². The first kappa shape index (κ1) is 16.8. The van der Waals surface area contributed by atoms with E-state index in [1.165, 1.54) is 0 Å². The predicted molar refractivity (Wildman–Crippen MR) is 77.9 cm³/mol. The maximum atomic E-state index is 10.4. The highest BCUT2D eigenvalue weighted by Gasteiger charge is 2.08. The number of non-ortho nitro benzene ring substituents is 2. The monoisotopic (exact) mass is 304 g/mol. The van der Waals surface area contributed by atoms with Crippen molar-refractivity contribution >= 4 is 17.3 Å². The Bertz CT molecular complexity index is 664.